The molecule has 0 spiro atoms. The number of likely N-dealkylation sites (tertiary alicyclic amines) is 1. The zero-order chi connectivity index (χ0) is 22.2. The highest BCUT2D eigenvalue weighted by Gasteiger charge is 2.43. The van der Waals surface area contributed by atoms with Crippen molar-refractivity contribution in [3.63, 3.8) is 0 Å². The largest absolute Gasteiger partial charge is 0.471 e. The molecular weight excluding hydrogens is 403 g/mol. The predicted molar refractivity (Wildman–Crippen MR) is 99.8 cm³/mol. The summed E-state index contributed by atoms with van der Waals surface area (Å²) in [7, 11) is 0. The molecule has 162 valence electrons. The molecular formula is C20H22F3N3O4. The minimum Gasteiger partial charge on any atom is -0.352 e. The lowest BCUT2D eigenvalue weighted by Gasteiger charge is -2.32. The molecule has 0 saturated carbocycles. The van der Waals surface area contributed by atoms with Gasteiger partial charge in [0, 0.05) is 31.2 Å². The lowest BCUT2D eigenvalue weighted by atomic mass is 9.96. The van der Waals surface area contributed by atoms with Gasteiger partial charge in [0.15, 0.2) is 0 Å². The van der Waals surface area contributed by atoms with Gasteiger partial charge in [-0.3, -0.25) is 24.1 Å². The van der Waals surface area contributed by atoms with E-state index in [1.807, 2.05) is 0 Å². The molecule has 0 aliphatic carbocycles. The van der Waals surface area contributed by atoms with Crippen molar-refractivity contribution < 1.29 is 32.3 Å². The van der Waals surface area contributed by atoms with Gasteiger partial charge in [0.25, 0.3) is 17.7 Å². The average molecular weight is 425 g/mol. The molecule has 2 aliphatic heterocycles. The fraction of sp³-hybridized carbons (Fsp3) is 0.500. The van der Waals surface area contributed by atoms with Crippen LogP contribution < -0.4 is 5.32 Å². The highest BCUT2D eigenvalue weighted by molar-refractivity contribution is 6.22. The number of benzene rings is 1. The van der Waals surface area contributed by atoms with Crippen LogP contribution >= 0.6 is 0 Å². The first-order chi connectivity index (χ1) is 14.0. The second-order valence-electron chi connectivity index (χ2n) is 7.78. The number of halogens is 3. The van der Waals surface area contributed by atoms with Crippen molar-refractivity contribution in [1.29, 1.82) is 0 Å². The van der Waals surface area contributed by atoms with E-state index >= 15 is 0 Å². The van der Waals surface area contributed by atoms with Crippen LogP contribution in [-0.4, -0.2) is 65.3 Å². The van der Waals surface area contributed by atoms with Gasteiger partial charge in [-0.05, 0) is 50.8 Å². The van der Waals surface area contributed by atoms with E-state index < -0.39 is 29.8 Å². The van der Waals surface area contributed by atoms with E-state index in [0.29, 0.717) is 12.8 Å². The fourth-order valence-corrected chi connectivity index (χ4v) is 3.73. The normalized spacial score (nSPS) is 17.5. The first-order valence-electron chi connectivity index (χ1n) is 9.67. The molecule has 30 heavy (non-hydrogen) atoms. The molecule has 2 aliphatic rings. The number of hydrogen-bond acceptors (Lipinski definition) is 4. The molecule has 7 nitrogen and oxygen atoms in total. The van der Waals surface area contributed by atoms with E-state index in [1.54, 1.807) is 13.8 Å². The highest BCUT2D eigenvalue weighted by Crippen LogP contribution is 2.26. The maximum Gasteiger partial charge on any atom is 0.471 e. The SMILES string of the molecule is CC(C)N1C(=O)c2ccc(C(=O)NCC3CCN(C(=O)C(F)(F)F)CC3)cc2C1=O. The Bertz CT molecular complexity index is 890. The number of rotatable bonds is 4. The van der Waals surface area contributed by atoms with Gasteiger partial charge in [-0.2, -0.15) is 13.2 Å². The Morgan fingerprint density at radius 2 is 1.70 bits per heavy atom. The third kappa shape index (κ3) is 4.17. The van der Waals surface area contributed by atoms with Crippen LogP contribution in [0.3, 0.4) is 0 Å². The van der Waals surface area contributed by atoms with Crippen molar-refractivity contribution in [3.8, 4) is 0 Å². The van der Waals surface area contributed by atoms with Crippen LogP contribution in [0.15, 0.2) is 18.2 Å². The van der Waals surface area contributed by atoms with Crippen molar-refractivity contribution in [3.05, 3.63) is 34.9 Å². The van der Waals surface area contributed by atoms with Gasteiger partial charge < -0.3 is 10.2 Å². The van der Waals surface area contributed by atoms with Gasteiger partial charge in [-0.25, -0.2) is 0 Å². The molecule has 1 N–H and O–H groups in total. The van der Waals surface area contributed by atoms with E-state index in [2.05, 4.69) is 5.32 Å². The van der Waals surface area contributed by atoms with Crippen molar-refractivity contribution in [1.82, 2.24) is 15.1 Å². The molecule has 0 aromatic heterocycles. The van der Waals surface area contributed by atoms with Crippen LogP contribution in [0, 0.1) is 5.92 Å². The number of carbonyl (C=O) groups is 4. The van der Waals surface area contributed by atoms with E-state index in [0.717, 1.165) is 9.80 Å². The topological polar surface area (TPSA) is 86.8 Å². The first-order valence-corrected chi connectivity index (χ1v) is 9.67. The summed E-state index contributed by atoms with van der Waals surface area (Å²) in [6.07, 6.45) is -4.18. The maximum atomic E-state index is 12.5. The van der Waals surface area contributed by atoms with Crippen molar-refractivity contribution in [2.24, 2.45) is 5.92 Å². The summed E-state index contributed by atoms with van der Waals surface area (Å²) in [4.78, 5) is 50.4. The lowest BCUT2D eigenvalue weighted by Crippen LogP contribution is -2.46. The van der Waals surface area contributed by atoms with Crippen LogP contribution in [-0.2, 0) is 4.79 Å². The highest BCUT2D eigenvalue weighted by atomic mass is 19.4. The molecule has 3 rings (SSSR count). The average Bonchev–Trinajstić information content (AvgIpc) is 2.95. The summed E-state index contributed by atoms with van der Waals surface area (Å²) in [6, 6.07) is 4.00. The Hall–Kier alpha value is -2.91. The number of nitrogens with zero attached hydrogens (tertiary/aromatic N) is 2. The maximum absolute atomic E-state index is 12.5. The second kappa shape index (κ2) is 8.08. The number of piperidine rings is 1. The molecule has 0 atom stereocenters. The number of hydrogen-bond donors (Lipinski definition) is 1. The first kappa shape index (κ1) is 21.8. The van der Waals surface area contributed by atoms with Crippen LogP contribution in [0.2, 0.25) is 0 Å². The number of amides is 4. The van der Waals surface area contributed by atoms with Crippen molar-refractivity contribution in [2.75, 3.05) is 19.6 Å². The van der Waals surface area contributed by atoms with Crippen LogP contribution in [0.25, 0.3) is 0 Å². The Labute approximate surface area is 171 Å². The minimum absolute atomic E-state index is 0.0145. The summed E-state index contributed by atoms with van der Waals surface area (Å²) >= 11 is 0. The Balaban J connectivity index is 1.57. The minimum atomic E-state index is -4.88. The molecule has 1 fully saturated rings. The zero-order valence-corrected chi connectivity index (χ0v) is 16.6. The van der Waals surface area contributed by atoms with E-state index in [-0.39, 0.29) is 48.3 Å². The molecule has 4 amide bonds. The second-order valence-corrected chi connectivity index (χ2v) is 7.78. The van der Waals surface area contributed by atoms with Crippen molar-refractivity contribution >= 4 is 23.6 Å². The van der Waals surface area contributed by atoms with Gasteiger partial charge in [-0.15, -0.1) is 0 Å². The molecule has 2 heterocycles. The van der Waals surface area contributed by atoms with Gasteiger partial charge in [0.05, 0.1) is 11.1 Å². The van der Waals surface area contributed by atoms with Gasteiger partial charge in [0.2, 0.25) is 0 Å². The zero-order valence-electron chi connectivity index (χ0n) is 16.6. The Kier molecular flexibility index (Phi) is 5.87. The monoisotopic (exact) mass is 425 g/mol. The number of nitrogens with one attached hydrogen (secondary N) is 1. The molecule has 0 radical (unpaired) electrons. The molecule has 0 unspecified atom stereocenters. The van der Waals surface area contributed by atoms with E-state index in [9.17, 15) is 32.3 Å². The quantitative estimate of drug-likeness (QED) is 0.750. The van der Waals surface area contributed by atoms with Crippen molar-refractivity contribution in [2.45, 2.75) is 38.9 Å². The molecule has 0 bridgehead atoms. The van der Waals surface area contributed by atoms with Crippen LogP contribution in [0.1, 0.15) is 57.8 Å². The summed E-state index contributed by atoms with van der Waals surface area (Å²) in [6.45, 7) is 3.67. The molecule has 1 aromatic rings. The Morgan fingerprint density at radius 3 is 2.27 bits per heavy atom. The fourth-order valence-electron chi connectivity index (χ4n) is 3.73. The summed E-state index contributed by atoms with van der Waals surface area (Å²) < 4.78 is 37.5. The molecule has 10 heteroatoms. The number of carbonyl (C=O) groups excluding carboxylic acids is 4. The lowest BCUT2D eigenvalue weighted by molar-refractivity contribution is -0.186. The van der Waals surface area contributed by atoms with E-state index in [1.165, 1.54) is 18.2 Å². The smallest absolute Gasteiger partial charge is 0.352 e. The number of alkyl halides is 3. The molecule has 1 saturated heterocycles. The Morgan fingerprint density at radius 1 is 1.10 bits per heavy atom. The number of imide groups is 1. The standard InChI is InChI=1S/C20H22F3N3O4/c1-11(2)26-17(28)14-4-3-13(9-15(14)18(26)29)16(27)24-10-12-5-7-25(8-6-12)19(30)20(21,22)23/h3-4,9,11-12H,5-8,10H2,1-2H3,(H,24,27). The van der Waals surface area contributed by atoms with Gasteiger partial charge in [-0.1, -0.05) is 0 Å². The van der Waals surface area contributed by atoms with Crippen LogP contribution in [0.5, 0.6) is 0 Å². The summed E-state index contributed by atoms with van der Waals surface area (Å²) in [5.41, 5.74) is 0.664. The third-order valence-electron chi connectivity index (χ3n) is 5.39. The number of fused-ring (bicyclic) bond motifs is 1. The van der Waals surface area contributed by atoms with Crippen LogP contribution in [0.4, 0.5) is 13.2 Å². The predicted octanol–water partition coefficient (Wildman–Crippen LogP) is 2.22. The van der Waals surface area contributed by atoms with Gasteiger partial charge in [0.1, 0.15) is 0 Å². The summed E-state index contributed by atoms with van der Waals surface area (Å²) in [5, 5.41) is 2.72. The van der Waals surface area contributed by atoms with Gasteiger partial charge >= 0.3 is 12.1 Å². The third-order valence-corrected chi connectivity index (χ3v) is 5.39. The molecule has 1 aromatic carbocycles. The summed E-state index contributed by atoms with van der Waals surface area (Å²) in [5.74, 6) is -3.16. The van der Waals surface area contributed by atoms with E-state index in [4.69, 9.17) is 0 Å².